The highest BCUT2D eigenvalue weighted by Crippen LogP contribution is 2.43. The maximum atomic E-state index is 13.8. The molecule has 0 heterocycles. The van der Waals surface area contributed by atoms with E-state index in [9.17, 15) is 9.59 Å². The smallest absolute Gasteiger partial charge is 0.311 e. The van der Waals surface area contributed by atoms with Crippen LogP contribution in [0.25, 0.3) is 0 Å². The third-order valence-corrected chi connectivity index (χ3v) is 6.02. The zero-order chi connectivity index (χ0) is 19.0. The molecule has 0 bridgehead atoms. The summed E-state index contributed by atoms with van der Waals surface area (Å²) in [6.45, 7) is 2.05. The fourth-order valence-electron chi connectivity index (χ4n) is 4.68. The minimum absolute atomic E-state index is 0.163. The van der Waals surface area contributed by atoms with Crippen molar-refractivity contribution >= 4 is 11.8 Å². The molecular formula is C23H25NO3. The Morgan fingerprint density at radius 2 is 1.81 bits per heavy atom. The van der Waals surface area contributed by atoms with Crippen LogP contribution < -0.4 is 5.73 Å². The predicted octanol–water partition coefficient (Wildman–Crippen LogP) is 3.34. The van der Waals surface area contributed by atoms with Crippen LogP contribution >= 0.6 is 0 Å². The molecule has 2 atom stereocenters. The Kier molecular flexibility index (Phi) is 4.60. The van der Waals surface area contributed by atoms with Crippen LogP contribution in [0, 0.1) is 5.92 Å². The maximum absolute atomic E-state index is 13.8. The van der Waals surface area contributed by atoms with Crippen molar-refractivity contribution in [2.75, 3.05) is 6.61 Å². The SMILES string of the molecule is CCOC(=O)C1Cc2ccccc2C1(N)C(=O)c1cccc2c1CCCC2. The van der Waals surface area contributed by atoms with E-state index >= 15 is 0 Å². The first-order chi connectivity index (χ1) is 13.1. The fourth-order valence-corrected chi connectivity index (χ4v) is 4.68. The standard InChI is InChI=1S/C23H25NO3/c1-2-27-22(26)20-14-16-9-4-6-13-19(16)23(20,24)21(25)18-12-7-10-15-8-3-5-11-17(15)18/h4,6-7,9-10,12-13,20H,2-3,5,8,11,14,24H2,1H3. The quantitative estimate of drug-likeness (QED) is 0.668. The molecule has 140 valence electrons. The zero-order valence-electron chi connectivity index (χ0n) is 15.7. The first-order valence-corrected chi connectivity index (χ1v) is 9.76. The Bertz CT molecular complexity index is 904. The molecule has 0 spiro atoms. The molecule has 4 rings (SSSR count). The number of hydrogen-bond donors (Lipinski definition) is 1. The van der Waals surface area contributed by atoms with Crippen LogP contribution in [0.2, 0.25) is 0 Å². The number of hydrogen-bond acceptors (Lipinski definition) is 4. The Balaban J connectivity index is 1.84. The highest BCUT2D eigenvalue weighted by atomic mass is 16.5. The van der Waals surface area contributed by atoms with Crippen molar-refractivity contribution in [1.29, 1.82) is 0 Å². The first kappa shape index (κ1) is 17.9. The first-order valence-electron chi connectivity index (χ1n) is 9.76. The van der Waals surface area contributed by atoms with Gasteiger partial charge in [0.2, 0.25) is 0 Å². The molecule has 2 aromatic rings. The normalized spacial score (nSPS) is 23.4. The molecule has 2 aromatic carbocycles. The Labute approximate surface area is 159 Å². The van der Waals surface area contributed by atoms with Gasteiger partial charge in [0, 0.05) is 5.56 Å². The summed E-state index contributed by atoms with van der Waals surface area (Å²) in [5.74, 6) is -1.25. The Morgan fingerprint density at radius 3 is 2.63 bits per heavy atom. The van der Waals surface area contributed by atoms with E-state index in [1.807, 2.05) is 36.4 Å². The van der Waals surface area contributed by atoms with Gasteiger partial charge in [0.15, 0.2) is 5.78 Å². The highest BCUT2D eigenvalue weighted by molar-refractivity contribution is 6.08. The van der Waals surface area contributed by atoms with E-state index in [-0.39, 0.29) is 12.4 Å². The highest BCUT2D eigenvalue weighted by Gasteiger charge is 2.53. The topological polar surface area (TPSA) is 69.4 Å². The van der Waals surface area contributed by atoms with E-state index in [2.05, 4.69) is 6.07 Å². The summed E-state index contributed by atoms with van der Waals surface area (Å²) in [6, 6.07) is 13.5. The van der Waals surface area contributed by atoms with E-state index in [1.54, 1.807) is 6.92 Å². The van der Waals surface area contributed by atoms with Crippen LogP contribution in [0.4, 0.5) is 0 Å². The van der Waals surface area contributed by atoms with Crippen LogP contribution in [0.3, 0.4) is 0 Å². The summed E-state index contributed by atoms with van der Waals surface area (Å²) in [5.41, 5.74) is 10.1. The predicted molar refractivity (Wildman–Crippen MR) is 104 cm³/mol. The molecule has 0 radical (unpaired) electrons. The van der Waals surface area contributed by atoms with Crippen LogP contribution in [-0.4, -0.2) is 18.4 Å². The van der Waals surface area contributed by atoms with Crippen molar-refractivity contribution < 1.29 is 14.3 Å². The molecule has 4 nitrogen and oxygen atoms in total. The monoisotopic (exact) mass is 363 g/mol. The summed E-state index contributed by atoms with van der Waals surface area (Å²) >= 11 is 0. The summed E-state index contributed by atoms with van der Waals surface area (Å²) in [6.07, 6.45) is 4.54. The molecule has 0 saturated heterocycles. The lowest BCUT2D eigenvalue weighted by Crippen LogP contribution is -2.52. The number of esters is 1. The number of carbonyl (C=O) groups excluding carboxylic acids is 2. The average Bonchev–Trinajstić information content (AvgIpc) is 3.01. The minimum atomic E-state index is -1.38. The number of aryl methyl sites for hydroxylation is 1. The molecule has 0 amide bonds. The summed E-state index contributed by atoms with van der Waals surface area (Å²) in [5, 5.41) is 0. The lowest BCUT2D eigenvalue weighted by molar-refractivity contribution is -0.149. The summed E-state index contributed by atoms with van der Waals surface area (Å²) in [7, 11) is 0. The Morgan fingerprint density at radius 1 is 1.07 bits per heavy atom. The van der Waals surface area contributed by atoms with Crippen molar-refractivity contribution in [3.63, 3.8) is 0 Å². The molecule has 0 aliphatic heterocycles. The molecule has 0 fully saturated rings. The van der Waals surface area contributed by atoms with Gasteiger partial charge in [-0.15, -0.1) is 0 Å². The lowest BCUT2D eigenvalue weighted by Gasteiger charge is -2.31. The van der Waals surface area contributed by atoms with Gasteiger partial charge in [-0.05, 0) is 61.3 Å². The van der Waals surface area contributed by atoms with Crippen LogP contribution in [0.1, 0.15) is 52.4 Å². The van der Waals surface area contributed by atoms with Crippen LogP contribution in [0.15, 0.2) is 42.5 Å². The molecule has 4 heteroatoms. The van der Waals surface area contributed by atoms with Crippen molar-refractivity contribution in [3.05, 3.63) is 70.3 Å². The number of carbonyl (C=O) groups is 2. The van der Waals surface area contributed by atoms with Gasteiger partial charge >= 0.3 is 5.97 Å². The van der Waals surface area contributed by atoms with Crippen LogP contribution in [0.5, 0.6) is 0 Å². The van der Waals surface area contributed by atoms with Crippen molar-refractivity contribution in [2.24, 2.45) is 11.7 Å². The van der Waals surface area contributed by atoms with Gasteiger partial charge in [0.1, 0.15) is 5.54 Å². The minimum Gasteiger partial charge on any atom is -0.466 e. The second kappa shape index (κ2) is 6.93. The van der Waals surface area contributed by atoms with Gasteiger partial charge in [0.25, 0.3) is 0 Å². The molecular weight excluding hydrogens is 338 g/mol. The van der Waals surface area contributed by atoms with E-state index in [0.29, 0.717) is 12.0 Å². The summed E-state index contributed by atoms with van der Waals surface area (Å²) in [4.78, 5) is 26.5. The third kappa shape index (κ3) is 2.79. The maximum Gasteiger partial charge on any atom is 0.311 e. The van der Waals surface area contributed by atoms with Gasteiger partial charge in [0.05, 0.1) is 12.5 Å². The summed E-state index contributed by atoms with van der Waals surface area (Å²) < 4.78 is 5.28. The largest absolute Gasteiger partial charge is 0.466 e. The number of ether oxygens (including phenoxy) is 1. The average molecular weight is 363 g/mol. The zero-order valence-corrected chi connectivity index (χ0v) is 15.7. The molecule has 2 aliphatic carbocycles. The second-order valence-electron chi connectivity index (χ2n) is 7.51. The van der Waals surface area contributed by atoms with Crippen LogP contribution in [-0.2, 0) is 34.3 Å². The molecule has 2 aliphatic rings. The number of Topliss-reactive ketones (excluding diaryl/α,β-unsaturated/α-hetero) is 1. The molecule has 2 N–H and O–H groups in total. The number of benzene rings is 2. The van der Waals surface area contributed by atoms with Gasteiger partial charge in [-0.25, -0.2) is 0 Å². The molecule has 0 saturated carbocycles. The molecule has 0 aromatic heterocycles. The van der Waals surface area contributed by atoms with E-state index in [1.165, 1.54) is 5.56 Å². The number of fused-ring (bicyclic) bond motifs is 2. The number of ketones is 1. The van der Waals surface area contributed by atoms with E-state index in [4.69, 9.17) is 10.5 Å². The van der Waals surface area contributed by atoms with E-state index in [0.717, 1.165) is 42.4 Å². The number of rotatable bonds is 4. The van der Waals surface area contributed by atoms with Gasteiger partial charge in [-0.2, -0.15) is 0 Å². The molecule has 2 unspecified atom stereocenters. The third-order valence-electron chi connectivity index (χ3n) is 6.02. The van der Waals surface area contributed by atoms with Gasteiger partial charge in [-0.3, -0.25) is 9.59 Å². The lowest BCUT2D eigenvalue weighted by atomic mass is 9.75. The number of nitrogens with two attached hydrogens (primary N) is 1. The van der Waals surface area contributed by atoms with Gasteiger partial charge < -0.3 is 10.5 Å². The van der Waals surface area contributed by atoms with Crippen molar-refractivity contribution in [3.8, 4) is 0 Å². The second-order valence-corrected chi connectivity index (χ2v) is 7.51. The van der Waals surface area contributed by atoms with Crippen molar-refractivity contribution in [1.82, 2.24) is 0 Å². The van der Waals surface area contributed by atoms with Crippen molar-refractivity contribution in [2.45, 2.75) is 44.6 Å². The Hall–Kier alpha value is -2.46. The molecule has 27 heavy (non-hydrogen) atoms. The van der Waals surface area contributed by atoms with Gasteiger partial charge in [-0.1, -0.05) is 42.5 Å². The van der Waals surface area contributed by atoms with E-state index < -0.39 is 17.4 Å². The fraction of sp³-hybridized carbons (Fsp3) is 0.391.